The molecule has 0 spiro atoms. The molecule has 5 nitrogen and oxygen atoms in total. The van der Waals surface area contributed by atoms with Crippen LogP contribution in [0, 0.1) is 0 Å². The van der Waals surface area contributed by atoms with E-state index < -0.39 is 10.0 Å². The third kappa shape index (κ3) is 2.54. The van der Waals surface area contributed by atoms with E-state index in [9.17, 15) is 8.42 Å². The first-order valence-electron chi connectivity index (χ1n) is 6.19. The summed E-state index contributed by atoms with van der Waals surface area (Å²) in [5, 5.41) is 6.17. The Balaban J connectivity index is 1.69. The Morgan fingerprint density at radius 3 is 2.47 bits per heavy atom. The van der Waals surface area contributed by atoms with Crippen LogP contribution in [0.5, 0.6) is 0 Å². The molecule has 0 saturated carbocycles. The van der Waals surface area contributed by atoms with E-state index in [2.05, 4.69) is 14.9 Å². The molecule has 1 aromatic carbocycles. The standard InChI is InChI=1S/C13H15N3O2S/c17-19(18,15-9-12-5-6-14-16-12)13-7-10-3-1-2-4-11(10)8-13/h1-6,13,15H,7-9H2,(H,14,16). The Hall–Kier alpha value is -1.66. The van der Waals surface area contributed by atoms with Crippen molar-refractivity contribution in [2.24, 2.45) is 0 Å². The summed E-state index contributed by atoms with van der Waals surface area (Å²) >= 11 is 0. The number of aromatic nitrogens is 2. The van der Waals surface area contributed by atoms with Crippen molar-refractivity contribution in [2.75, 3.05) is 0 Å². The van der Waals surface area contributed by atoms with Gasteiger partial charge < -0.3 is 0 Å². The van der Waals surface area contributed by atoms with Crippen LogP contribution in [0.3, 0.4) is 0 Å². The van der Waals surface area contributed by atoms with E-state index in [-0.39, 0.29) is 11.8 Å². The normalized spacial score (nSPS) is 15.6. The van der Waals surface area contributed by atoms with Crippen molar-refractivity contribution in [1.82, 2.24) is 14.9 Å². The van der Waals surface area contributed by atoms with Crippen LogP contribution in [-0.2, 0) is 29.4 Å². The van der Waals surface area contributed by atoms with Gasteiger partial charge in [-0.25, -0.2) is 13.1 Å². The third-order valence-electron chi connectivity index (χ3n) is 3.47. The van der Waals surface area contributed by atoms with Crippen molar-refractivity contribution in [3.63, 3.8) is 0 Å². The zero-order valence-electron chi connectivity index (χ0n) is 10.3. The summed E-state index contributed by atoms with van der Waals surface area (Å²) in [6.07, 6.45) is 2.79. The van der Waals surface area contributed by atoms with Crippen LogP contribution in [0.25, 0.3) is 0 Å². The van der Waals surface area contributed by atoms with Gasteiger partial charge in [-0.15, -0.1) is 0 Å². The second-order valence-electron chi connectivity index (χ2n) is 4.75. The number of nitrogens with one attached hydrogen (secondary N) is 2. The lowest BCUT2D eigenvalue weighted by molar-refractivity contribution is 0.564. The minimum Gasteiger partial charge on any atom is -0.281 e. The fraction of sp³-hybridized carbons (Fsp3) is 0.308. The van der Waals surface area contributed by atoms with Gasteiger partial charge in [0.05, 0.1) is 17.5 Å². The first kappa shape index (κ1) is 12.4. The summed E-state index contributed by atoms with van der Waals surface area (Å²) in [4.78, 5) is 0. The molecule has 1 aliphatic carbocycles. The maximum absolute atomic E-state index is 12.3. The molecule has 1 heterocycles. The molecule has 100 valence electrons. The summed E-state index contributed by atoms with van der Waals surface area (Å²) in [6, 6.07) is 9.66. The molecule has 0 aliphatic heterocycles. The molecular weight excluding hydrogens is 262 g/mol. The Labute approximate surface area is 112 Å². The monoisotopic (exact) mass is 277 g/mol. The zero-order valence-corrected chi connectivity index (χ0v) is 11.2. The zero-order chi connectivity index (χ0) is 13.3. The predicted octanol–water partition coefficient (Wildman–Crippen LogP) is 0.996. The molecule has 0 saturated heterocycles. The minimum absolute atomic E-state index is 0.259. The third-order valence-corrected chi connectivity index (χ3v) is 5.23. The molecule has 1 aliphatic rings. The Bertz CT molecular complexity index is 640. The number of sulfonamides is 1. The first-order chi connectivity index (χ1) is 9.15. The number of benzene rings is 1. The van der Waals surface area contributed by atoms with E-state index >= 15 is 0 Å². The minimum atomic E-state index is -3.30. The molecule has 1 aromatic heterocycles. The van der Waals surface area contributed by atoms with Crippen LogP contribution in [0.1, 0.15) is 16.8 Å². The quantitative estimate of drug-likeness (QED) is 0.875. The van der Waals surface area contributed by atoms with E-state index in [1.54, 1.807) is 12.3 Å². The first-order valence-corrected chi connectivity index (χ1v) is 7.73. The molecule has 19 heavy (non-hydrogen) atoms. The molecule has 0 radical (unpaired) electrons. The molecule has 2 N–H and O–H groups in total. The van der Waals surface area contributed by atoms with Crippen LogP contribution in [0.15, 0.2) is 36.5 Å². The molecule has 0 unspecified atom stereocenters. The van der Waals surface area contributed by atoms with Gasteiger partial charge >= 0.3 is 0 Å². The molecule has 6 heteroatoms. The van der Waals surface area contributed by atoms with Crippen molar-refractivity contribution >= 4 is 10.0 Å². The molecular formula is C13H15N3O2S. The van der Waals surface area contributed by atoms with Crippen molar-refractivity contribution in [1.29, 1.82) is 0 Å². The summed E-state index contributed by atoms with van der Waals surface area (Å²) < 4.78 is 27.1. The van der Waals surface area contributed by atoms with Gasteiger partial charge in [0, 0.05) is 6.20 Å². The van der Waals surface area contributed by atoms with Crippen molar-refractivity contribution < 1.29 is 8.42 Å². The van der Waals surface area contributed by atoms with Gasteiger partial charge in [0.1, 0.15) is 0 Å². The summed E-state index contributed by atoms with van der Waals surface area (Å²) in [7, 11) is -3.30. The maximum Gasteiger partial charge on any atom is 0.215 e. The SMILES string of the molecule is O=S(=O)(NCc1ccn[nH]1)C1Cc2ccccc2C1. The van der Waals surface area contributed by atoms with Gasteiger partial charge in [0.2, 0.25) is 10.0 Å². The Morgan fingerprint density at radius 2 is 1.89 bits per heavy atom. The number of rotatable bonds is 4. The van der Waals surface area contributed by atoms with E-state index in [0.717, 1.165) is 16.8 Å². The highest BCUT2D eigenvalue weighted by atomic mass is 32.2. The smallest absolute Gasteiger partial charge is 0.215 e. The molecule has 2 aromatic rings. The second-order valence-corrected chi connectivity index (χ2v) is 6.79. The van der Waals surface area contributed by atoms with Gasteiger partial charge in [-0.1, -0.05) is 24.3 Å². The lowest BCUT2D eigenvalue weighted by Crippen LogP contribution is -2.34. The number of nitrogens with zero attached hydrogens (tertiary/aromatic N) is 1. The number of hydrogen-bond acceptors (Lipinski definition) is 3. The average Bonchev–Trinajstić information content (AvgIpc) is 3.05. The van der Waals surface area contributed by atoms with E-state index in [1.807, 2.05) is 24.3 Å². The van der Waals surface area contributed by atoms with Crippen molar-refractivity contribution in [2.45, 2.75) is 24.6 Å². The lowest BCUT2D eigenvalue weighted by atomic mass is 10.1. The highest BCUT2D eigenvalue weighted by Gasteiger charge is 2.31. The predicted molar refractivity (Wildman–Crippen MR) is 72.0 cm³/mol. The molecule has 0 bridgehead atoms. The van der Waals surface area contributed by atoms with Crippen LogP contribution in [-0.4, -0.2) is 23.9 Å². The summed E-state index contributed by atoms with van der Waals surface area (Å²) in [5.41, 5.74) is 3.04. The lowest BCUT2D eigenvalue weighted by Gasteiger charge is -2.11. The molecule has 0 amide bonds. The number of fused-ring (bicyclic) bond motifs is 1. The van der Waals surface area contributed by atoms with E-state index in [4.69, 9.17) is 0 Å². The van der Waals surface area contributed by atoms with Gasteiger partial charge in [-0.05, 0) is 30.0 Å². The molecule has 0 fully saturated rings. The number of aromatic amines is 1. The van der Waals surface area contributed by atoms with Crippen LogP contribution >= 0.6 is 0 Å². The highest BCUT2D eigenvalue weighted by molar-refractivity contribution is 7.90. The maximum atomic E-state index is 12.3. The van der Waals surface area contributed by atoms with Crippen molar-refractivity contribution in [3.05, 3.63) is 53.3 Å². The largest absolute Gasteiger partial charge is 0.281 e. The summed E-state index contributed by atoms with van der Waals surface area (Å²) in [6.45, 7) is 0.259. The average molecular weight is 277 g/mol. The summed E-state index contributed by atoms with van der Waals surface area (Å²) in [5.74, 6) is 0. The van der Waals surface area contributed by atoms with Gasteiger partial charge in [-0.3, -0.25) is 5.10 Å². The fourth-order valence-corrected chi connectivity index (χ4v) is 3.81. The molecule has 3 rings (SSSR count). The Morgan fingerprint density at radius 1 is 1.21 bits per heavy atom. The Kier molecular flexibility index (Phi) is 3.12. The van der Waals surface area contributed by atoms with Crippen LogP contribution < -0.4 is 4.72 Å². The number of H-pyrrole nitrogens is 1. The molecule has 0 atom stereocenters. The fourth-order valence-electron chi connectivity index (χ4n) is 2.42. The van der Waals surface area contributed by atoms with Gasteiger partial charge in [0.25, 0.3) is 0 Å². The van der Waals surface area contributed by atoms with Gasteiger partial charge in [-0.2, -0.15) is 5.10 Å². The van der Waals surface area contributed by atoms with Crippen molar-refractivity contribution in [3.8, 4) is 0 Å². The topological polar surface area (TPSA) is 74.8 Å². The van der Waals surface area contributed by atoms with Crippen LogP contribution in [0.2, 0.25) is 0 Å². The van der Waals surface area contributed by atoms with Gasteiger partial charge in [0.15, 0.2) is 0 Å². The second kappa shape index (κ2) is 4.79. The number of hydrogen-bond donors (Lipinski definition) is 2. The van der Waals surface area contributed by atoms with E-state index in [1.165, 1.54) is 0 Å². The van der Waals surface area contributed by atoms with Crippen LogP contribution in [0.4, 0.5) is 0 Å². The van der Waals surface area contributed by atoms with E-state index in [0.29, 0.717) is 12.8 Å². The highest BCUT2D eigenvalue weighted by Crippen LogP contribution is 2.25.